The van der Waals surface area contributed by atoms with Crippen LogP contribution in [0.2, 0.25) is 5.02 Å². The maximum atomic E-state index is 6.46. The lowest BCUT2D eigenvalue weighted by Gasteiger charge is -2.20. The van der Waals surface area contributed by atoms with E-state index in [0.717, 1.165) is 31.0 Å². The van der Waals surface area contributed by atoms with E-state index >= 15 is 0 Å². The van der Waals surface area contributed by atoms with E-state index in [1.807, 2.05) is 12.1 Å². The lowest BCUT2D eigenvalue weighted by Crippen LogP contribution is -2.21. The van der Waals surface area contributed by atoms with Gasteiger partial charge in [0.1, 0.15) is 11.5 Å². The maximum absolute atomic E-state index is 6.46. The third-order valence-corrected chi connectivity index (χ3v) is 4.91. The Balaban J connectivity index is 1.98. The van der Waals surface area contributed by atoms with Gasteiger partial charge in [0.2, 0.25) is 0 Å². The van der Waals surface area contributed by atoms with Gasteiger partial charge in [-0.3, -0.25) is 4.90 Å². The van der Waals surface area contributed by atoms with Crippen LogP contribution in [0.25, 0.3) is 6.08 Å². The minimum Gasteiger partial charge on any atom is -0.458 e. The molecule has 1 unspecified atom stereocenters. The fourth-order valence-corrected chi connectivity index (χ4v) is 3.31. The molecule has 1 heterocycles. The molecule has 1 aliphatic heterocycles. The molecule has 0 aromatic heterocycles. The predicted molar refractivity (Wildman–Crippen MR) is 102 cm³/mol. The molecular weight excluding hydrogens is 318 g/mol. The van der Waals surface area contributed by atoms with E-state index in [1.165, 1.54) is 16.7 Å². The second-order valence-corrected chi connectivity index (χ2v) is 6.96. The molecule has 0 N–H and O–H groups in total. The van der Waals surface area contributed by atoms with E-state index in [2.05, 4.69) is 62.2 Å². The molecule has 3 rings (SSSR count). The van der Waals surface area contributed by atoms with Crippen LogP contribution in [-0.4, -0.2) is 18.5 Å². The first-order valence-corrected chi connectivity index (χ1v) is 8.89. The number of fused-ring (bicyclic) bond motifs is 1. The van der Waals surface area contributed by atoms with Crippen molar-refractivity contribution in [1.29, 1.82) is 0 Å². The normalized spacial score (nSPS) is 16.1. The first-order chi connectivity index (χ1) is 11.6. The highest BCUT2D eigenvalue weighted by Crippen LogP contribution is 2.36. The summed E-state index contributed by atoms with van der Waals surface area (Å²) in [7, 11) is 2.11. The van der Waals surface area contributed by atoms with Crippen molar-refractivity contribution in [3.05, 3.63) is 69.9 Å². The summed E-state index contributed by atoms with van der Waals surface area (Å²) in [5, 5.41) is 0.675. The first-order valence-electron chi connectivity index (χ1n) is 8.51. The zero-order valence-corrected chi connectivity index (χ0v) is 15.3. The summed E-state index contributed by atoms with van der Waals surface area (Å²) in [5.41, 5.74) is 3.71. The Bertz CT molecular complexity index is 753. The van der Waals surface area contributed by atoms with Crippen molar-refractivity contribution in [2.45, 2.75) is 32.7 Å². The van der Waals surface area contributed by atoms with Gasteiger partial charge in [-0.2, -0.15) is 0 Å². The van der Waals surface area contributed by atoms with Crippen LogP contribution >= 0.6 is 11.6 Å². The summed E-state index contributed by atoms with van der Waals surface area (Å²) >= 11 is 6.46. The summed E-state index contributed by atoms with van der Waals surface area (Å²) in [6, 6.07) is 14.5. The molecule has 0 saturated carbocycles. The molecule has 0 bridgehead atoms. The van der Waals surface area contributed by atoms with E-state index < -0.39 is 0 Å². The predicted octanol–water partition coefficient (Wildman–Crippen LogP) is 5.72. The zero-order valence-electron chi connectivity index (χ0n) is 14.6. The van der Waals surface area contributed by atoms with Crippen LogP contribution in [0.4, 0.5) is 0 Å². The molecule has 24 heavy (non-hydrogen) atoms. The number of halogens is 1. The summed E-state index contributed by atoms with van der Waals surface area (Å²) in [5.74, 6) is 2.14. The maximum Gasteiger partial charge on any atom is 0.149 e. The fourth-order valence-electron chi connectivity index (χ4n) is 3.08. The minimum absolute atomic E-state index is 0.412. The molecule has 2 aromatic carbocycles. The average molecular weight is 342 g/mol. The quantitative estimate of drug-likeness (QED) is 0.705. The smallest absolute Gasteiger partial charge is 0.149 e. The third kappa shape index (κ3) is 3.66. The largest absolute Gasteiger partial charge is 0.458 e. The van der Waals surface area contributed by atoms with Gasteiger partial charge in [0.05, 0.1) is 11.6 Å². The number of benzene rings is 2. The molecule has 0 fully saturated rings. The number of hydrogen-bond donors (Lipinski definition) is 0. The summed E-state index contributed by atoms with van der Waals surface area (Å²) in [6.45, 7) is 6.08. The van der Waals surface area contributed by atoms with E-state index in [4.69, 9.17) is 16.3 Å². The van der Waals surface area contributed by atoms with Crippen molar-refractivity contribution in [2.75, 3.05) is 13.6 Å². The van der Waals surface area contributed by atoms with Gasteiger partial charge < -0.3 is 4.74 Å². The second-order valence-electron chi connectivity index (χ2n) is 6.55. The van der Waals surface area contributed by atoms with Gasteiger partial charge in [0.25, 0.3) is 0 Å². The van der Waals surface area contributed by atoms with E-state index in [1.54, 1.807) is 0 Å². The Morgan fingerprint density at radius 1 is 1.12 bits per heavy atom. The molecule has 2 aromatic rings. The lowest BCUT2D eigenvalue weighted by atomic mass is 9.98. The van der Waals surface area contributed by atoms with Gasteiger partial charge >= 0.3 is 0 Å². The molecule has 0 amide bonds. The first kappa shape index (κ1) is 17.1. The van der Waals surface area contributed by atoms with Crippen LogP contribution in [0.3, 0.4) is 0 Å². The van der Waals surface area contributed by atoms with Crippen LogP contribution in [0.15, 0.2) is 48.2 Å². The molecule has 0 radical (unpaired) electrons. The van der Waals surface area contributed by atoms with E-state index in [9.17, 15) is 0 Å². The molecular formula is C21H24ClNO. The highest BCUT2D eigenvalue weighted by Gasteiger charge is 2.18. The Labute approximate surface area is 149 Å². The summed E-state index contributed by atoms with van der Waals surface area (Å²) < 4.78 is 6.33. The second kappa shape index (κ2) is 7.42. The Morgan fingerprint density at radius 2 is 1.92 bits per heavy atom. The van der Waals surface area contributed by atoms with Crippen molar-refractivity contribution >= 4 is 17.7 Å². The number of ether oxygens (including phenoxy) is 1. The molecule has 1 atom stereocenters. The minimum atomic E-state index is 0.412. The van der Waals surface area contributed by atoms with Crippen molar-refractivity contribution in [1.82, 2.24) is 4.90 Å². The highest BCUT2D eigenvalue weighted by atomic mass is 35.5. The third-order valence-electron chi connectivity index (χ3n) is 4.61. The highest BCUT2D eigenvalue weighted by molar-refractivity contribution is 6.32. The molecule has 126 valence electrons. The van der Waals surface area contributed by atoms with Crippen molar-refractivity contribution in [3.8, 4) is 5.75 Å². The number of likely N-dealkylation sites (N-methyl/N-ethyl adjacent to an activating group) is 1. The molecule has 1 aliphatic rings. The van der Waals surface area contributed by atoms with Crippen molar-refractivity contribution in [2.24, 2.45) is 0 Å². The topological polar surface area (TPSA) is 12.5 Å². The number of nitrogens with zero attached hydrogens (tertiary/aromatic N) is 1. The molecule has 0 saturated heterocycles. The Hall–Kier alpha value is -1.77. The molecule has 0 aliphatic carbocycles. The van der Waals surface area contributed by atoms with Crippen LogP contribution < -0.4 is 4.74 Å². The van der Waals surface area contributed by atoms with Gasteiger partial charge in [-0.1, -0.05) is 61.8 Å². The van der Waals surface area contributed by atoms with Gasteiger partial charge in [-0.25, -0.2) is 0 Å². The summed E-state index contributed by atoms with van der Waals surface area (Å²) in [4.78, 5) is 2.26. The fraction of sp³-hybridized carbons (Fsp3) is 0.333. The Kier molecular flexibility index (Phi) is 5.27. The lowest BCUT2D eigenvalue weighted by molar-refractivity contribution is 0.297. The van der Waals surface area contributed by atoms with E-state index in [0.29, 0.717) is 10.9 Å². The number of para-hydroxylation sites is 1. The van der Waals surface area contributed by atoms with Gasteiger partial charge in [-0.15, -0.1) is 0 Å². The standard InChI is InChI=1S/C21H24ClNO/c1-4-15(2)19-10-7-11-20(22)21(19)24-18-12-16-8-5-6-9-17(16)13-23(3)14-18/h5-12,15H,4,13-14H2,1-3H3. The van der Waals surface area contributed by atoms with Crippen LogP contribution in [0.1, 0.15) is 42.9 Å². The molecule has 2 nitrogen and oxygen atoms in total. The monoisotopic (exact) mass is 341 g/mol. The van der Waals surface area contributed by atoms with Crippen LogP contribution in [0.5, 0.6) is 5.75 Å². The van der Waals surface area contributed by atoms with E-state index in [-0.39, 0.29) is 0 Å². The van der Waals surface area contributed by atoms with Crippen LogP contribution in [-0.2, 0) is 6.54 Å². The average Bonchev–Trinajstić information content (AvgIpc) is 2.73. The SMILES string of the molecule is CCC(C)c1cccc(Cl)c1OC1=Cc2ccccc2CN(C)C1. The van der Waals surface area contributed by atoms with Crippen molar-refractivity contribution in [3.63, 3.8) is 0 Å². The molecule has 0 spiro atoms. The van der Waals surface area contributed by atoms with Crippen molar-refractivity contribution < 1.29 is 4.74 Å². The molecule has 3 heteroatoms. The zero-order chi connectivity index (χ0) is 17.1. The van der Waals surface area contributed by atoms with Gasteiger partial charge in [-0.05, 0) is 48.2 Å². The Morgan fingerprint density at radius 3 is 2.71 bits per heavy atom. The van der Waals surface area contributed by atoms with Crippen LogP contribution in [0, 0.1) is 0 Å². The number of hydrogen-bond acceptors (Lipinski definition) is 2. The summed E-state index contributed by atoms with van der Waals surface area (Å²) in [6.07, 6.45) is 3.20. The van der Waals surface area contributed by atoms with Gasteiger partial charge in [0, 0.05) is 6.54 Å². The number of rotatable bonds is 4. The van der Waals surface area contributed by atoms with Gasteiger partial charge in [0.15, 0.2) is 0 Å².